The summed E-state index contributed by atoms with van der Waals surface area (Å²) in [7, 11) is 0. The summed E-state index contributed by atoms with van der Waals surface area (Å²) in [5.41, 5.74) is -0.768. The molecule has 1 heterocycles. The van der Waals surface area contributed by atoms with Gasteiger partial charge in [0.2, 0.25) is 0 Å². The van der Waals surface area contributed by atoms with Crippen molar-refractivity contribution in [3.05, 3.63) is 42.0 Å². The van der Waals surface area contributed by atoms with Crippen LogP contribution in [0.4, 0.5) is 13.2 Å². The van der Waals surface area contributed by atoms with E-state index in [4.69, 9.17) is 9.47 Å². The van der Waals surface area contributed by atoms with Gasteiger partial charge in [0.1, 0.15) is 18.5 Å². The minimum Gasteiger partial charge on any atom is -0.491 e. The highest BCUT2D eigenvalue weighted by Crippen LogP contribution is 2.42. The van der Waals surface area contributed by atoms with Crippen molar-refractivity contribution >= 4 is 5.97 Å². The summed E-state index contributed by atoms with van der Waals surface area (Å²) in [4.78, 5) is 11.4. The molecule has 7 atom stereocenters. The highest BCUT2D eigenvalue weighted by Gasteiger charge is 2.43. The van der Waals surface area contributed by atoms with Gasteiger partial charge in [-0.1, -0.05) is 25.5 Å². The SMILES string of the molecule is CCCC(CC[C@@H]1CC[C@@H]2[C@@H](C=C[C@@H](O)COc3ccc(C(F)(F)F)cc3)[C@H](O)C[C@@H]2OC1)C(=O)O. The van der Waals surface area contributed by atoms with E-state index in [1.165, 1.54) is 12.1 Å². The first-order valence-corrected chi connectivity index (χ1v) is 12.8. The predicted octanol–water partition coefficient (Wildman–Crippen LogP) is 5.07. The molecule has 1 aliphatic carbocycles. The van der Waals surface area contributed by atoms with E-state index in [-0.39, 0.29) is 36.2 Å². The molecule has 9 heteroatoms. The average Bonchev–Trinajstić information content (AvgIpc) is 2.99. The predicted molar refractivity (Wildman–Crippen MR) is 127 cm³/mol. The quantitative estimate of drug-likeness (QED) is 0.357. The number of aliphatic carboxylic acids is 1. The molecule has 1 aliphatic heterocycles. The number of carbonyl (C=O) groups is 1. The number of hydrogen-bond acceptors (Lipinski definition) is 5. The molecular weight excluding hydrogens is 477 g/mol. The van der Waals surface area contributed by atoms with Gasteiger partial charge in [0.25, 0.3) is 0 Å². The van der Waals surface area contributed by atoms with Crippen LogP contribution in [-0.4, -0.2) is 52.8 Å². The lowest BCUT2D eigenvalue weighted by Gasteiger charge is -2.21. The van der Waals surface area contributed by atoms with Gasteiger partial charge < -0.3 is 24.8 Å². The van der Waals surface area contributed by atoms with Gasteiger partial charge in [-0.3, -0.25) is 4.79 Å². The lowest BCUT2D eigenvalue weighted by molar-refractivity contribution is -0.142. The van der Waals surface area contributed by atoms with Crippen LogP contribution in [0.15, 0.2) is 36.4 Å². The topological polar surface area (TPSA) is 96.2 Å². The fourth-order valence-corrected chi connectivity index (χ4v) is 5.35. The van der Waals surface area contributed by atoms with Crippen LogP contribution < -0.4 is 4.74 Å². The highest BCUT2D eigenvalue weighted by molar-refractivity contribution is 5.69. The number of carboxylic acid groups (broad SMARTS) is 1. The Morgan fingerprint density at radius 2 is 1.94 bits per heavy atom. The van der Waals surface area contributed by atoms with E-state index in [0.717, 1.165) is 37.8 Å². The molecule has 1 unspecified atom stereocenters. The normalized spacial score (nSPS) is 28.4. The molecule has 0 spiro atoms. The van der Waals surface area contributed by atoms with Crippen LogP contribution in [0.5, 0.6) is 5.75 Å². The number of benzene rings is 1. The maximum absolute atomic E-state index is 12.7. The fourth-order valence-electron chi connectivity index (χ4n) is 5.35. The zero-order chi connectivity index (χ0) is 26.3. The van der Waals surface area contributed by atoms with E-state index in [0.29, 0.717) is 31.8 Å². The van der Waals surface area contributed by atoms with E-state index in [1.54, 1.807) is 12.2 Å². The summed E-state index contributed by atoms with van der Waals surface area (Å²) in [5.74, 6) is -0.613. The third-order valence-electron chi connectivity index (χ3n) is 7.41. The lowest BCUT2D eigenvalue weighted by atomic mass is 9.85. The van der Waals surface area contributed by atoms with Crippen LogP contribution in [0.25, 0.3) is 0 Å². The largest absolute Gasteiger partial charge is 0.491 e. The zero-order valence-electron chi connectivity index (χ0n) is 20.6. The van der Waals surface area contributed by atoms with Crippen molar-refractivity contribution < 1.29 is 42.8 Å². The van der Waals surface area contributed by atoms with Crippen LogP contribution in [-0.2, 0) is 15.7 Å². The van der Waals surface area contributed by atoms with Crippen LogP contribution in [0.3, 0.4) is 0 Å². The van der Waals surface area contributed by atoms with E-state index in [2.05, 4.69) is 0 Å². The number of alkyl halides is 3. The summed E-state index contributed by atoms with van der Waals surface area (Å²) in [6.45, 7) is 2.43. The number of rotatable bonds is 11. The first kappa shape index (κ1) is 28.5. The monoisotopic (exact) mass is 514 g/mol. The summed E-state index contributed by atoms with van der Waals surface area (Å²) in [6, 6.07) is 4.28. The molecule has 2 aliphatic rings. The first-order chi connectivity index (χ1) is 17.1. The molecule has 0 bridgehead atoms. The number of ether oxygens (including phenoxy) is 2. The summed E-state index contributed by atoms with van der Waals surface area (Å²) >= 11 is 0. The molecule has 6 nitrogen and oxygen atoms in total. The number of halogens is 3. The van der Waals surface area contributed by atoms with Crippen LogP contribution >= 0.6 is 0 Å². The van der Waals surface area contributed by atoms with Gasteiger partial charge in [0.05, 0.1) is 23.7 Å². The number of carboxylic acids is 1. The molecule has 1 saturated heterocycles. The second kappa shape index (κ2) is 12.9. The summed E-state index contributed by atoms with van der Waals surface area (Å²) in [6.07, 6.45) is 2.52. The fraction of sp³-hybridized carbons (Fsp3) is 0.667. The molecule has 1 aromatic rings. The van der Waals surface area contributed by atoms with Crippen LogP contribution in [0.2, 0.25) is 0 Å². The van der Waals surface area contributed by atoms with Crippen molar-refractivity contribution in [2.24, 2.45) is 23.7 Å². The molecule has 0 aromatic heterocycles. The average molecular weight is 515 g/mol. The first-order valence-electron chi connectivity index (χ1n) is 12.8. The Labute approximate surface area is 210 Å². The van der Waals surface area contributed by atoms with Crippen molar-refractivity contribution in [1.82, 2.24) is 0 Å². The van der Waals surface area contributed by atoms with Crippen LogP contribution in [0, 0.1) is 23.7 Å². The third-order valence-corrected chi connectivity index (χ3v) is 7.41. The lowest BCUT2D eigenvalue weighted by Crippen LogP contribution is -2.22. The van der Waals surface area contributed by atoms with Crippen molar-refractivity contribution in [3.63, 3.8) is 0 Å². The Bertz CT molecular complexity index is 856. The Morgan fingerprint density at radius 3 is 2.58 bits per heavy atom. The Kier molecular flexibility index (Phi) is 10.2. The molecule has 0 radical (unpaired) electrons. The second-order valence-corrected chi connectivity index (χ2v) is 10.0. The Hall–Kier alpha value is -2.10. The molecular formula is C27H37F3O6. The third kappa shape index (κ3) is 7.95. The van der Waals surface area contributed by atoms with Gasteiger partial charge in [-0.05, 0) is 68.2 Å². The summed E-state index contributed by atoms with van der Waals surface area (Å²) in [5, 5.41) is 30.3. The Balaban J connectivity index is 1.49. The number of aliphatic hydroxyl groups excluding tert-OH is 2. The van der Waals surface area contributed by atoms with E-state index >= 15 is 0 Å². The van der Waals surface area contributed by atoms with Gasteiger partial charge in [0.15, 0.2) is 0 Å². The maximum atomic E-state index is 12.7. The zero-order valence-corrected chi connectivity index (χ0v) is 20.6. The molecule has 36 heavy (non-hydrogen) atoms. The van der Waals surface area contributed by atoms with Crippen molar-refractivity contribution in [1.29, 1.82) is 0 Å². The smallest absolute Gasteiger partial charge is 0.416 e. The van der Waals surface area contributed by atoms with Gasteiger partial charge in [-0.15, -0.1) is 0 Å². The maximum Gasteiger partial charge on any atom is 0.416 e. The van der Waals surface area contributed by atoms with Gasteiger partial charge >= 0.3 is 12.1 Å². The molecule has 3 N–H and O–H groups in total. The summed E-state index contributed by atoms with van der Waals surface area (Å²) < 4.78 is 49.5. The van der Waals surface area contributed by atoms with Crippen molar-refractivity contribution in [2.45, 2.75) is 76.4 Å². The van der Waals surface area contributed by atoms with Gasteiger partial charge in [-0.2, -0.15) is 13.2 Å². The van der Waals surface area contributed by atoms with Crippen molar-refractivity contribution in [2.75, 3.05) is 13.2 Å². The van der Waals surface area contributed by atoms with Gasteiger partial charge in [-0.25, -0.2) is 0 Å². The van der Waals surface area contributed by atoms with E-state index in [9.17, 15) is 33.3 Å². The van der Waals surface area contributed by atoms with Crippen molar-refractivity contribution in [3.8, 4) is 5.75 Å². The second-order valence-electron chi connectivity index (χ2n) is 10.0. The molecule has 1 saturated carbocycles. The molecule has 3 rings (SSSR count). The van der Waals surface area contributed by atoms with Gasteiger partial charge in [0, 0.05) is 18.9 Å². The molecule has 0 amide bonds. The number of hydrogen-bond donors (Lipinski definition) is 3. The Morgan fingerprint density at radius 1 is 1.22 bits per heavy atom. The standard InChI is InChI=1S/C27H37F3O6/c1-2-3-18(26(33)34)6-4-17-5-12-23-22(24(32)14-25(23)36-15-17)13-9-20(31)16-35-21-10-7-19(8-11-21)27(28,29)30/h7-11,13,17-18,20,22-25,31-32H,2-6,12,14-16H2,1H3,(H,33,34)/t17-,18?,20-,22-,23-,24-,25+/m1/s1. The van der Waals surface area contributed by atoms with E-state index in [1.807, 2.05) is 6.92 Å². The molecule has 202 valence electrons. The van der Waals surface area contributed by atoms with Crippen LogP contribution in [0.1, 0.15) is 57.4 Å². The minimum atomic E-state index is -4.42. The molecule has 1 aromatic carbocycles. The minimum absolute atomic E-state index is 0.0777. The highest BCUT2D eigenvalue weighted by atomic mass is 19.4. The number of aliphatic hydroxyl groups is 2. The van der Waals surface area contributed by atoms with E-state index < -0.39 is 29.9 Å². The molecule has 2 fully saturated rings. The number of fused-ring (bicyclic) bond motifs is 1.